The molecule has 9 heavy (non-hydrogen) atoms. The highest BCUT2D eigenvalue weighted by Crippen LogP contribution is 2.04. The molecule has 0 rings (SSSR count). The maximum absolute atomic E-state index is 9.86. The summed E-state index contributed by atoms with van der Waals surface area (Å²) >= 11 is 6.43. The van der Waals surface area contributed by atoms with E-state index >= 15 is 0 Å². The van der Waals surface area contributed by atoms with Gasteiger partial charge in [-0.3, -0.25) is 5.41 Å². The lowest BCUT2D eigenvalue weighted by Gasteiger charge is -1.97. The molecule has 0 aliphatic rings. The number of alkyl halides is 1. The van der Waals surface area contributed by atoms with E-state index < -0.39 is 5.38 Å². The second kappa shape index (κ2) is 4.64. The minimum Gasteiger partial charge on any atom is -0.379 e. The molecule has 52 valence electrons. The van der Waals surface area contributed by atoms with Crippen LogP contribution in [-0.2, 0) is 4.79 Å². The summed E-state index contributed by atoms with van der Waals surface area (Å²) in [6.45, 7) is 0. The molecule has 0 aromatic heterocycles. The van der Waals surface area contributed by atoms with Crippen LogP contribution in [0.2, 0.25) is 0 Å². The molecule has 0 aliphatic heterocycles. The number of thioether (sulfide) groups is 1. The van der Waals surface area contributed by atoms with Gasteiger partial charge >= 0.3 is 0 Å². The molecule has 0 heterocycles. The molecule has 0 spiro atoms. The van der Waals surface area contributed by atoms with Crippen LogP contribution >= 0.6 is 23.4 Å². The van der Waals surface area contributed by atoms with Crippen LogP contribution in [0, 0.1) is 5.41 Å². The van der Waals surface area contributed by atoms with Crippen LogP contribution < -0.4 is 5.73 Å². The number of carbonyl (C=O) groups is 1. The first kappa shape index (κ1) is 8.78. The summed E-state index contributed by atoms with van der Waals surface area (Å²) in [6.07, 6.45) is 0.623. The Morgan fingerprint density at radius 3 is 2.89 bits per heavy atom. The van der Waals surface area contributed by atoms with E-state index in [2.05, 4.69) is 0 Å². The van der Waals surface area contributed by atoms with Gasteiger partial charge in [0.2, 0.25) is 0 Å². The Morgan fingerprint density at radius 2 is 2.56 bits per heavy atom. The fourth-order valence-electron chi connectivity index (χ4n) is 0.209. The van der Waals surface area contributed by atoms with Gasteiger partial charge in [0.15, 0.2) is 5.17 Å². The van der Waals surface area contributed by atoms with Gasteiger partial charge in [-0.25, -0.2) is 0 Å². The van der Waals surface area contributed by atoms with Gasteiger partial charge < -0.3 is 10.5 Å². The summed E-state index contributed by atoms with van der Waals surface area (Å²) in [5, 5.41) is 6.19. The summed E-state index contributed by atoms with van der Waals surface area (Å²) in [7, 11) is 0. The van der Waals surface area contributed by atoms with Gasteiger partial charge in [0.25, 0.3) is 0 Å². The predicted molar refractivity (Wildman–Crippen MR) is 40.1 cm³/mol. The van der Waals surface area contributed by atoms with Gasteiger partial charge in [0, 0.05) is 5.75 Å². The molecule has 3 N–H and O–H groups in total. The van der Waals surface area contributed by atoms with Crippen LogP contribution in [0.4, 0.5) is 0 Å². The van der Waals surface area contributed by atoms with Crippen molar-refractivity contribution in [2.24, 2.45) is 5.73 Å². The van der Waals surface area contributed by atoms with Gasteiger partial charge in [-0.15, -0.1) is 11.6 Å². The molecule has 0 aromatic rings. The van der Waals surface area contributed by atoms with Crippen molar-refractivity contribution in [3.8, 4) is 0 Å². The normalized spacial score (nSPS) is 12.6. The second-order valence-electron chi connectivity index (χ2n) is 1.33. The average Bonchev–Trinajstić information content (AvgIpc) is 1.83. The molecule has 0 saturated heterocycles. The first-order chi connectivity index (χ1) is 4.16. The van der Waals surface area contributed by atoms with Crippen molar-refractivity contribution in [1.82, 2.24) is 0 Å². The fraction of sp³-hybridized carbons (Fsp3) is 0.500. The third kappa shape index (κ3) is 5.65. The molecule has 5 heteroatoms. The van der Waals surface area contributed by atoms with Crippen molar-refractivity contribution >= 4 is 34.8 Å². The number of amidine groups is 1. The number of hydrogen-bond donors (Lipinski definition) is 2. The molecule has 0 aliphatic carbocycles. The number of rotatable bonds is 3. The lowest BCUT2D eigenvalue weighted by atomic mass is 10.5. The van der Waals surface area contributed by atoms with E-state index in [9.17, 15) is 4.79 Å². The molecule has 0 aromatic carbocycles. The number of nitrogens with one attached hydrogen (secondary N) is 1. The zero-order valence-electron chi connectivity index (χ0n) is 4.63. The van der Waals surface area contributed by atoms with Crippen molar-refractivity contribution < 1.29 is 4.79 Å². The Morgan fingerprint density at radius 1 is 2.00 bits per heavy atom. The Balaban J connectivity index is 3.26. The summed E-state index contributed by atoms with van der Waals surface area (Å²) in [5.41, 5.74) is 4.97. The van der Waals surface area contributed by atoms with E-state index in [1.54, 1.807) is 0 Å². The van der Waals surface area contributed by atoms with Gasteiger partial charge in [0.1, 0.15) is 6.29 Å². The number of halogens is 1. The topological polar surface area (TPSA) is 66.9 Å². The maximum atomic E-state index is 9.86. The van der Waals surface area contributed by atoms with E-state index in [0.29, 0.717) is 12.0 Å². The average molecular weight is 167 g/mol. The summed E-state index contributed by atoms with van der Waals surface area (Å²) in [5.74, 6) is 0.375. The van der Waals surface area contributed by atoms with E-state index in [1.165, 1.54) is 0 Å². The van der Waals surface area contributed by atoms with Gasteiger partial charge in [-0.2, -0.15) is 0 Å². The SMILES string of the molecule is N=C(N)SCC(Cl)C=O. The number of nitrogens with two attached hydrogens (primary N) is 1. The zero-order valence-corrected chi connectivity index (χ0v) is 6.21. The van der Waals surface area contributed by atoms with Crippen LogP contribution in [0.25, 0.3) is 0 Å². The van der Waals surface area contributed by atoms with Crippen molar-refractivity contribution in [3.05, 3.63) is 0 Å². The highest BCUT2D eigenvalue weighted by atomic mass is 35.5. The number of hydrogen-bond acceptors (Lipinski definition) is 3. The van der Waals surface area contributed by atoms with Crippen LogP contribution in [0.1, 0.15) is 0 Å². The number of carbonyl (C=O) groups excluding carboxylic acids is 1. The third-order valence-corrected chi connectivity index (χ3v) is 1.82. The van der Waals surface area contributed by atoms with Gasteiger partial charge in [-0.1, -0.05) is 11.8 Å². The molecule has 3 nitrogen and oxygen atoms in total. The zero-order chi connectivity index (χ0) is 7.28. The number of aldehydes is 1. The minimum absolute atomic E-state index is 0.0116. The fourth-order valence-corrected chi connectivity index (χ4v) is 0.815. The molecule has 0 amide bonds. The molecular formula is C4H7ClN2OS. The Bertz CT molecular complexity index is 119. The highest BCUT2D eigenvalue weighted by Gasteiger charge is 2.01. The smallest absolute Gasteiger partial charge is 0.151 e. The molecular weight excluding hydrogens is 160 g/mol. The van der Waals surface area contributed by atoms with Crippen molar-refractivity contribution in [2.45, 2.75) is 5.38 Å². The van der Waals surface area contributed by atoms with Crippen molar-refractivity contribution in [1.29, 1.82) is 5.41 Å². The summed E-state index contributed by atoms with van der Waals surface area (Å²) < 4.78 is 0. The molecule has 0 fully saturated rings. The van der Waals surface area contributed by atoms with Crippen LogP contribution in [-0.4, -0.2) is 22.6 Å². The first-order valence-electron chi connectivity index (χ1n) is 2.23. The van der Waals surface area contributed by atoms with Gasteiger partial charge in [-0.05, 0) is 0 Å². The molecule has 0 bridgehead atoms. The lowest BCUT2D eigenvalue weighted by molar-refractivity contribution is -0.107. The Labute approximate surface area is 62.4 Å². The monoisotopic (exact) mass is 166 g/mol. The summed E-state index contributed by atoms with van der Waals surface area (Å²) in [4.78, 5) is 9.86. The van der Waals surface area contributed by atoms with E-state index in [-0.39, 0.29) is 5.17 Å². The van der Waals surface area contributed by atoms with Crippen LogP contribution in [0.15, 0.2) is 0 Å². The van der Waals surface area contributed by atoms with Crippen LogP contribution in [0.5, 0.6) is 0 Å². The van der Waals surface area contributed by atoms with Crippen LogP contribution in [0.3, 0.4) is 0 Å². The standard InChI is InChI=1S/C4H7ClN2OS/c5-3(1-8)2-9-4(6)7/h1,3H,2H2,(H3,6,7). The molecule has 0 radical (unpaired) electrons. The van der Waals surface area contributed by atoms with E-state index in [1.807, 2.05) is 0 Å². The lowest BCUT2D eigenvalue weighted by Crippen LogP contribution is -2.10. The quantitative estimate of drug-likeness (QED) is 0.276. The van der Waals surface area contributed by atoms with Crippen molar-refractivity contribution in [2.75, 3.05) is 5.75 Å². The second-order valence-corrected chi connectivity index (χ2v) is 2.95. The Hall–Kier alpha value is -0.220. The molecule has 1 atom stereocenters. The van der Waals surface area contributed by atoms with Gasteiger partial charge in [0.05, 0.1) is 5.38 Å². The molecule has 0 saturated carbocycles. The maximum Gasteiger partial charge on any atom is 0.151 e. The third-order valence-electron chi connectivity index (χ3n) is 0.546. The van der Waals surface area contributed by atoms with E-state index in [4.69, 9.17) is 22.7 Å². The Kier molecular flexibility index (Phi) is 4.53. The molecule has 1 unspecified atom stereocenters. The highest BCUT2D eigenvalue weighted by molar-refractivity contribution is 8.13. The van der Waals surface area contributed by atoms with Crippen molar-refractivity contribution in [3.63, 3.8) is 0 Å². The first-order valence-corrected chi connectivity index (χ1v) is 3.65. The van der Waals surface area contributed by atoms with E-state index in [0.717, 1.165) is 11.8 Å². The minimum atomic E-state index is -0.529. The largest absolute Gasteiger partial charge is 0.379 e. The summed E-state index contributed by atoms with van der Waals surface area (Å²) in [6, 6.07) is 0. The predicted octanol–water partition coefficient (Wildman–Crippen LogP) is 0.419.